The molecule has 0 spiro atoms. The van der Waals surface area contributed by atoms with Gasteiger partial charge in [-0.3, -0.25) is 4.79 Å². The van der Waals surface area contributed by atoms with Crippen LogP contribution in [0, 0.1) is 0 Å². The number of carbonyl (C=O) groups excluding carboxylic acids is 1. The molecule has 0 rings (SSSR count). The summed E-state index contributed by atoms with van der Waals surface area (Å²) in [7, 11) is 0. The largest absolute Gasteiger partial charge is 0.439 e. The molecule has 0 fully saturated rings. The van der Waals surface area contributed by atoms with Crippen LogP contribution >= 0.6 is 0 Å². The van der Waals surface area contributed by atoms with Crippen LogP contribution in [0.1, 0.15) is 26.2 Å². The highest BCUT2D eigenvalue weighted by Crippen LogP contribution is 2.05. The van der Waals surface area contributed by atoms with Crippen molar-refractivity contribution in [2.45, 2.75) is 31.4 Å². The minimum Gasteiger partial charge on any atom is -0.439 e. The summed E-state index contributed by atoms with van der Waals surface area (Å²) in [6.45, 7) is 1.02. The number of aliphatic hydroxyl groups excluding tert-OH is 1. The normalized spacial score (nSPS) is 15.0. The van der Waals surface area contributed by atoms with E-state index in [2.05, 4.69) is 4.74 Å². The van der Waals surface area contributed by atoms with Crippen LogP contribution < -0.4 is 0 Å². The SMILES string of the molecule is CC(CCCC(=O)OCO)S(=O)O. The standard InChI is InChI=1S/C7H14O5S/c1-6(13(10)11)3-2-4-7(9)12-5-8/h6,8H,2-5H2,1H3,(H,10,11). The molecule has 78 valence electrons. The number of rotatable bonds is 6. The fraction of sp³-hybridized carbons (Fsp3) is 0.857. The highest BCUT2D eigenvalue weighted by atomic mass is 32.2. The zero-order valence-electron chi connectivity index (χ0n) is 7.43. The van der Waals surface area contributed by atoms with E-state index in [1.165, 1.54) is 0 Å². The van der Waals surface area contributed by atoms with Crippen molar-refractivity contribution in [1.29, 1.82) is 0 Å². The number of carbonyl (C=O) groups is 1. The fourth-order valence-electron chi connectivity index (χ4n) is 0.779. The Morgan fingerprint density at radius 3 is 2.69 bits per heavy atom. The summed E-state index contributed by atoms with van der Waals surface area (Å²) < 4.78 is 23.3. The van der Waals surface area contributed by atoms with Gasteiger partial charge in [-0.1, -0.05) is 0 Å². The van der Waals surface area contributed by atoms with Gasteiger partial charge in [-0.05, 0) is 19.8 Å². The summed E-state index contributed by atoms with van der Waals surface area (Å²) in [5, 5.41) is 7.87. The Labute approximate surface area is 79.4 Å². The van der Waals surface area contributed by atoms with Gasteiger partial charge in [-0.2, -0.15) is 0 Å². The lowest BCUT2D eigenvalue weighted by Crippen LogP contribution is -2.11. The number of ether oxygens (including phenoxy) is 1. The van der Waals surface area contributed by atoms with E-state index < -0.39 is 23.8 Å². The molecule has 0 heterocycles. The third-order valence-electron chi connectivity index (χ3n) is 1.56. The Kier molecular flexibility index (Phi) is 6.75. The Morgan fingerprint density at radius 2 is 2.23 bits per heavy atom. The van der Waals surface area contributed by atoms with Crippen molar-refractivity contribution in [2.75, 3.05) is 6.79 Å². The molecule has 0 radical (unpaired) electrons. The fourth-order valence-corrected chi connectivity index (χ4v) is 1.15. The Morgan fingerprint density at radius 1 is 1.62 bits per heavy atom. The Balaban J connectivity index is 3.44. The maximum atomic E-state index is 10.7. The van der Waals surface area contributed by atoms with Gasteiger partial charge < -0.3 is 14.4 Å². The minimum atomic E-state index is -1.83. The number of aliphatic hydroxyl groups is 1. The van der Waals surface area contributed by atoms with Crippen LogP contribution in [0.2, 0.25) is 0 Å². The molecule has 0 aromatic heterocycles. The summed E-state index contributed by atoms with van der Waals surface area (Å²) in [5.74, 6) is -0.488. The highest BCUT2D eigenvalue weighted by molar-refractivity contribution is 7.79. The second-order valence-corrected chi connectivity index (χ2v) is 3.98. The zero-order valence-corrected chi connectivity index (χ0v) is 8.25. The van der Waals surface area contributed by atoms with Crippen molar-refractivity contribution < 1.29 is 23.4 Å². The molecule has 0 saturated heterocycles. The van der Waals surface area contributed by atoms with Crippen LogP contribution in [-0.2, 0) is 20.6 Å². The molecule has 0 aromatic rings. The first-order chi connectivity index (χ1) is 6.07. The average Bonchev–Trinajstić information content (AvgIpc) is 2.04. The van der Waals surface area contributed by atoms with E-state index in [9.17, 15) is 9.00 Å². The van der Waals surface area contributed by atoms with E-state index in [0.29, 0.717) is 12.8 Å². The topological polar surface area (TPSA) is 83.8 Å². The molecule has 0 bridgehead atoms. The quantitative estimate of drug-likeness (QED) is 0.373. The second-order valence-electron chi connectivity index (χ2n) is 2.62. The number of esters is 1. The average molecular weight is 210 g/mol. The van der Waals surface area contributed by atoms with Gasteiger partial charge in [-0.15, -0.1) is 0 Å². The smallest absolute Gasteiger partial charge is 0.307 e. The van der Waals surface area contributed by atoms with E-state index in [-0.39, 0.29) is 11.7 Å². The van der Waals surface area contributed by atoms with Crippen molar-refractivity contribution in [1.82, 2.24) is 0 Å². The summed E-state index contributed by atoms with van der Waals surface area (Å²) in [6, 6.07) is 0. The third-order valence-corrected chi connectivity index (χ3v) is 2.49. The zero-order chi connectivity index (χ0) is 10.3. The first-order valence-corrected chi connectivity index (χ1v) is 5.11. The predicted octanol–water partition coefficient (Wildman–Crippen LogP) is 0.260. The van der Waals surface area contributed by atoms with Crippen LogP contribution in [0.15, 0.2) is 0 Å². The molecule has 2 unspecified atom stereocenters. The third kappa shape index (κ3) is 6.68. The predicted molar refractivity (Wildman–Crippen MR) is 47.3 cm³/mol. The molecule has 0 aliphatic carbocycles. The van der Waals surface area contributed by atoms with Crippen LogP contribution in [-0.4, -0.2) is 31.9 Å². The van der Waals surface area contributed by atoms with Gasteiger partial charge in [-0.25, -0.2) is 4.21 Å². The molecular formula is C7H14O5S. The van der Waals surface area contributed by atoms with Gasteiger partial charge in [0.15, 0.2) is 17.9 Å². The van der Waals surface area contributed by atoms with Gasteiger partial charge in [0.1, 0.15) is 0 Å². The van der Waals surface area contributed by atoms with E-state index in [1.807, 2.05) is 0 Å². The maximum absolute atomic E-state index is 10.7. The number of hydrogen-bond donors (Lipinski definition) is 2. The van der Waals surface area contributed by atoms with Crippen LogP contribution in [0.5, 0.6) is 0 Å². The highest BCUT2D eigenvalue weighted by Gasteiger charge is 2.09. The molecule has 6 heteroatoms. The van der Waals surface area contributed by atoms with E-state index >= 15 is 0 Å². The van der Waals surface area contributed by atoms with E-state index in [0.717, 1.165) is 0 Å². The van der Waals surface area contributed by atoms with Gasteiger partial charge in [0.05, 0.1) is 5.25 Å². The minimum absolute atomic E-state index is 0.169. The van der Waals surface area contributed by atoms with Crippen LogP contribution in [0.25, 0.3) is 0 Å². The van der Waals surface area contributed by atoms with Crippen molar-refractivity contribution in [3.05, 3.63) is 0 Å². The van der Waals surface area contributed by atoms with Crippen LogP contribution in [0.3, 0.4) is 0 Å². The molecule has 0 aliphatic rings. The molecule has 2 N–H and O–H groups in total. The lowest BCUT2D eigenvalue weighted by molar-refractivity contribution is -0.151. The number of hydrogen-bond acceptors (Lipinski definition) is 4. The molecule has 0 amide bonds. The van der Waals surface area contributed by atoms with Gasteiger partial charge in [0.2, 0.25) is 0 Å². The van der Waals surface area contributed by atoms with Gasteiger partial charge in [0.25, 0.3) is 0 Å². The first kappa shape index (κ1) is 12.5. The van der Waals surface area contributed by atoms with Crippen molar-refractivity contribution >= 4 is 17.0 Å². The molecular weight excluding hydrogens is 196 g/mol. The maximum Gasteiger partial charge on any atom is 0.307 e. The first-order valence-electron chi connectivity index (χ1n) is 3.94. The molecule has 0 saturated carbocycles. The lowest BCUT2D eigenvalue weighted by atomic mass is 10.2. The van der Waals surface area contributed by atoms with E-state index in [4.69, 9.17) is 9.66 Å². The monoisotopic (exact) mass is 210 g/mol. The van der Waals surface area contributed by atoms with Crippen LogP contribution in [0.4, 0.5) is 0 Å². The van der Waals surface area contributed by atoms with E-state index in [1.54, 1.807) is 6.92 Å². The lowest BCUT2D eigenvalue weighted by Gasteiger charge is -2.05. The molecule has 0 aromatic carbocycles. The summed E-state index contributed by atoms with van der Waals surface area (Å²) in [4.78, 5) is 10.7. The molecule has 0 aliphatic heterocycles. The molecule has 2 atom stereocenters. The van der Waals surface area contributed by atoms with Gasteiger partial charge in [0, 0.05) is 6.42 Å². The Hall–Kier alpha value is -0.460. The summed E-state index contributed by atoms with van der Waals surface area (Å²) in [5.41, 5.74) is 0. The molecule has 5 nitrogen and oxygen atoms in total. The second kappa shape index (κ2) is 6.99. The van der Waals surface area contributed by atoms with Crippen molar-refractivity contribution in [3.8, 4) is 0 Å². The van der Waals surface area contributed by atoms with Crippen molar-refractivity contribution in [3.63, 3.8) is 0 Å². The van der Waals surface area contributed by atoms with Crippen molar-refractivity contribution in [2.24, 2.45) is 0 Å². The summed E-state index contributed by atoms with van der Waals surface area (Å²) in [6.07, 6.45) is 1.15. The molecule has 13 heavy (non-hydrogen) atoms. The van der Waals surface area contributed by atoms with Gasteiger partial charge >= 0.3 is 5.97 Å². The summed E-state index contributed by atoms with van der Waals surface area (Å²) >= 11 is -1.83. The Bertz CT molecular complexity index is 182.